The summed E-state index contributed by atoms with van der Waals surface area (Å²) in [6.45, 7) is 6.88. The van der Waals surface area contributed by atoms with Crippen molar-refractivity contribution >= 4 is 11.6 Å². The molecule has 0 amide bonds. The van der Waals surface area contributed by atoms with E-state index >= 15 is 0 Å². The zero-order valence-electron chi connectivity index (χ0n) is 12.0. The third kappa shape index (κ3) is 5.33. The highest BCUT2D eigenvalue weighted by Crippen LogP contribution is 2.29. The van der Waals surface area contributed by atoms with E-state index in [1.54, 1.807) is 0 Å². The Labute approximate surface area is 123 Å². The highest BCUT2D eigenvalue weighted by atomic mass is 35.5. The minimum atomic E-state index is -4.28. The first-order valence-corrected chi connectivity index (χ1v) is 7.13. The van der Waals surface area contributed by atoms with Crippen molar-refractivity contribution in [1.29, 1.82) is 0 Å². The van der Waals surface area contributed by atoms with E-state index in [9.17, 15) is 13.2 Å². The second-order valence-corrected chi connectivity index (χ2v) is 6.35. The standard InChI is InChI=1S/C15H21ClF3N/c1-14(2,3)13(8-9-16)20-10-11-4-6-12(7-5-11)15(17,18)19/h4-7,13,20H,8-10H2,1-3H3. The Morgan fingerprint density at radius 1 is 1.10 bits per heavy atom. The maximum absolute atomic E-state index is 12.5. The van der Waals surface area contributed by atoms with Gasteiger partial charge in [-0.3, -0.25) is 0 Å². The molecule has 1 unspecified atom stereocenters. The van der Waals surface area contributed by atoms with Crippen molar-refractivity contribution in [1.82, 2.24) is 5.32 Å². The average Bonchev–Trinajstić information content (AvgIpc) is 2.32. The molecule has 0 aliphatic heterocycles. The van der Waals surface area contributed by atoms with Gasteiger partial charge in [0.15, 0.2) is 0 Å². The summed E-state index contributed by atoms with van der Waals surface area (Å²) in [5, 5.41) is 3.37. The van der Waals surface area contributed by atoms with Gasteiger partial charge in [0.25, 0.3) is 0 Å². The summed E-state index contributed by atoms with van der Waals surface area (Å²) in [5.74, 6) is 0.557. The first-order valence-electron chi connectivity index (χ1n) is 6.60. The van der Waals surface area contributed by atoms with Crippen LogP contribution in [0.3, 0.4) is 0 Å². The lowest BCUT2D eigenvalue weighted by Crippen LogP contribution is -2.40. The minimum absolute atomic E-state index is 0.0563. The molecule has 0 bridgehead atoms. The minimum Gasteiger partial charge on any atom is -0.309 e. The van der Waals surface area contributed by atoms with Crippen molar-refractivity contribution in [2.45, 2.75) is 46.0 Å². The molecule has 0 aliphatic carbocycles. The van der Waals surface area contributed by atoms with Crippen LogP contribution in [0.2, 0.25) is 0 Å². The third-order valence-corrected chi connectivity index (χ3v) is 3.50. The highest BCUT2D eigenvalue weighted by molar-refractivity contribution is 6.17. The molecule has 20 heavy (non-hydrogen) atoms. The molecule has 1 aromatic carbocycles. The summed E-state index contributed by atoms with van der Waals surface area (Å²) in [7, 11) is 0. The predicted molar refractivity (Wildman–Crippen MR) is 76.9 cm³/mol. The van der Waals surface area contributed by atoms with Gasteiger partial charge in [0.05, 0.1) is 5.56 Å². The van der Waals surface area contributed by atoms with Crippen LogP contribution in [0, 0.1) is 5.41 Å². The van der Waals surface area contributed by atoms with Gasteiger partial charge in [-0.15, -0.1) is 11.6 Å². The zero-order valence-corrected chi connectivity index (χ0v) is 12.8. The summed E-state index contributed by atoms with van der Waals surface area (Å²) in [6, 6.07) is 5.48. The fourth-order valence-corrected chi connectivity index (χ4v) is 2.22. The van der Waals surface area contributed by atoms with Gasteiger partial charge in [0, 0.05) is 18.5 Å². The molecule has 0 radical (unpaired) electrons. The number of alkyl halides is 4. The molecular formula is C15H21ClF3N. The SMILES string of the molecule is CC(C)(C)C(CCCl)NCc1ccc(C(F)(F)F)cc1. The van der Waals surface area contributed by atoms with E-state index in [0.717, 1.165) is 24.1 Å². The molecule has 0 spiro atoms. The van der Waals surface area contributed by atoms with E-state index in [-0.39, 0.29) is 11.5 Å². The fraction of sp³-hybridized carbons (Fsp3) is 0.600. The van der Waals surface area contributed by atoms with Gasteiger partial charge < -0.3 is 5.32 Å². The lowest BCUT2D eigenvalue weighted by molar-refractivity contribution is -0.137. The Morgan fingerprint density at radius 3 is 2.05 bits per heavy atom. The van der Waals surface area contributed by atoms with Gasteiger partial charge in [-0.25, -0.2) is 0 Å². The number of hydrogen-bond donors (Lipinski definition) is 1. The predicted octanol–water partition coefficient (Wildman–Crippen LogP) is 4.84. The summed E-state index contributed by atoms with van der Waals surface area (Å²) in [4.78, 5) is 0. The summed E-state index contributed by atoms with van der Waals surface area (Å²) < 4.78 is 37.4. The maximum atomic E-state index is 12.5. The summed E-state index contributed by atoms with van der Waals surface area (Å²) >= 11 is 5.79. The fourth-order valence-electron chi connectivity index (χ4n) is 2.00. The smallest absolute Gasteiger partial charge is 0.309 e. The van der Waals surface area contributed by atoms with Crippen LogP contribution < -0.4 is 5.32 Å². The summed E-state index contributed by atoms with van der Waals surface area (Å²) in [5.41, 5.74) is 0.275. The molecule has 0 fully saturated rings. The number of benzene rings is 1. The van der Waals surface area contributed by atoms with Crippen LogP contribution in [0.25, 0.3) is 0 Å². The number of halogens is 4. The second kappa shape index (κ2) is 6.81. The van der Waals surface area contributed by atoms with Crippen molar-refractivity contribution in [3.05, 3.63) is 35.4 Å². The monoisotopic (exact) mass is 307 g/mol. The molecule has 1 N–H and O–H groups in total. The Morgan fingerprint density at radius 2 is 1.65 bits per heavy atom. The lowest BCUT2D eigenvalue weighted by atomic mass is 9.85. The summed E-state index contributed by atoms with van der Waals surface area (Å²) in [6.07, 6.45) is -3.45. The Kier molecular flexibility index (Phi) is 5.90. The molecule has 0 aromatic heterocycles. The normalized spacial score (nSPS) is 14.3. The van der Waals surface area contributed by atoms with Crippen LogP contribution in [0.15, 0.2) is 24.3 Å². The molecule has 0 heterocycles. The molecule has 0 saturated carbocycles. The van der Waals surface area contributed by atoms with Crippen LogP contribution in [0.4, 0.5) is 13.2 Å². The van der Waals surface area contributed by atoms with Gasteiger partial charge in [0.2, 0.25) is 0 Å². The second-order valence-electron chi connectivity index (χ2n) is 5.97. The molecular weight excluding hydrogens is 287 g/mol. The third-order valence-electron chi connectivity index (χ3n) is 3.28. The van der Waals surface area contributed by atoms with Crippen LogP contribution in [0.5, 0.6) is 0 Å². The Hall–Kier alpha value is -0.740. The largest absolute Gasteiger partial charge is 0.416 e. The molecule has 0 aliphatic rings. The van der Waals surface area contributed by atoms with Crippen molar-refractivity contribution in [2.75, 3.05) is 5.88 Å². The maximum Gasteiger partial charge on any atom is 0.416 e. The van der Waals surface area contributed by atoms with Crippen molar-refractivity contribution in [3.8, 4) is 0 Å². The van der Waals surface area contributed by atoms with Gasteiger partial charge in [-0.05, 0) is 29.5 Å². The average molecular weight is 308 g/mol. The molecule has 114 valence electrons. The van der Waals surface area contributed by atoms with Gasteiger partial charge >= 0.3 is 6.18 Å². The van der Waals surface area contributed by atoms with Gasteiger partial charge in [-0.1, -0.05) is 32.9 Å². The first kappa shape index (κ1) is 17.3. The number of hydrogen-bond acceptors (Lipinski definition) is 1. The van der Waals surface area contributed by atoms with Crippen LogP contribution in [-0.4, -0.2) is 11.9 Å². The zero-order chi connectivity index (χ0) is 15.4. The van der Waals surface area contributed by atoms with Crippen LogP contribution >= 0.6 is 11.6 Å². The Balaban J connectivity index is 2.65. The van der Waals surface area contributed by atoms with E-state index in [4.69, 9.17) is 11.6 Å². The van der Waals surface area contributed by atoms with E-state index in [2.05, 4.69) is 26.1 Å². The number of nitrogens with one attached hydrogen (secondary N) is 1. The number of rotatable bonds is 5. The van der Waals surface area contributed by atoms with E-state index in [1.165, 1.54) is 12.1 Å². The molecule has 1 atom stereocenters. The first-order chi connectivity index (χ1) is 9.14. The van der Waals surface area contributed by atoms with Crippen LogP contribution in [0.1, 0.15) is 38.3 Å². The highest BCUT2D eigenvalue weighted by Gasteiger charge is 2.30. The topological polar surface area (TPSA) is 12.0 Å². The van der Waals surface area contributed by atoms with Crippen molar-refractivity contribution in [2.24, 2.45) is 5.41 Å². The van der Waals surface area contributed by atoms with Gasteiger partial charge in [0.1, 0.15) is 0 Å². The lowest BCUT2D eigenvalue weighted by Gasteiger charge is -2.31. The molecule has 1 nitrogen and oxygen atoms in total. The van der Waals surface area contributed by atoms with E-state index in [1.807, 2.05) is 0 Å². The van der Waals surface area contributed by atoms with Crippen molar-refractivity contribution in [3.63, 3.8) is 0 Å². The molecule has 5 heteroatoms. The molecule has 1 aromatic rings. The molecule has 1 rings (SSSR count). The van der Waals surface area contributed by atoms with E-state index in [0.29, 0.717) is 12.4 Å². The van der Waals surface area contributed by atoms with Crippen molar-refractivity contribution < 1.29 is 13.2 Å². The quantitative estimate of drug-likeness (QED) is 0.768. The van der Waals surface area contributed by atoms with E-state index < -0.39 is 11.7 Å². The van der Waals surface area contributed by atoms with Crippen LogP contribution in [-0.2, 0) is 12.7 Å². The Bertz CT molecular complexity index is 407. The molecule has 0 saturated heterocycles. The van der Waals surface area contributed by atoms with Gasteiger partial charge in [-0.2, -0.15) is 13.2 Å².